The van der Waals surface area contributed by atoms with Gasteiger partial charge in [-0.05, 0) is 69.9 Å². The van der Waals surface area contributed by atoms with Crippen molar-refractivity contribution in [3.8, 4) is 11.5 Å². The Morgan fingerprint density at radius 2 is 1.97 bits per heavy atom. The lowest BCUT2D eigenvalue weighted by molar-refractivity contribution is 0.0985. The Kier molecular flexibility index (Phi) is 5.63. The molecule has 0 spiro atoms. The molecule has 0 unspecified atom stereocenters. The molecule has 0 bridgehead atoms. The third kappa shape index (κ3) is 4.03. The Balaban J connectivity index is 1.69. The minimum Gasteiger partial charge on any atom is -0.454 e. The minimum atomic E-state index is -0.107. The van der Waals surface area contributed by atoms with E-state index in [1.807, 2.05) is 33.2 Å². The number of amides is 1. The highest BCUT2D eigenvalue weighted by molar-refractivity contribution is 7.22. The predicted octanol–water partition coefficient (Wildman–Crippen LogP) is 4.59. The van der Waals surface area contributed by atoms with Crippen LogP contribution in [0.2, 0.25) is 5.02 Å². The first-order valence-electron chi connectivity index (χ1n) is 9.36. The summed E-state index contributed by atoms with van der Waals surface area (Å²) in [5.74, 6) is 1.15. The van der Waals surface area contributed by atoms with E-state index in [4.69, 9.17) is 26.1 Å². The molecule has 152 valence electrons. The van der Waals surface area contributed by atoms with Crippen molar-refractivity contribution in [2.24, 2.45) is 0 Å². The van der Waals surface area contributed by atoms with Gasteiger partial charge in [-0.25, -0.2) is 4.98 Å². The number of hydrogen-bond donors (Lipinski definition) is 0. The number of nitrogens with zero attached hydrogens (tertiary/aromatic N) is 3. The van der Waals surface area contributed by atoms with E-state index in [9.17, 15) is 4.79 Å². The van der Waals surface area contributed by atoms with Gasteiger partial charge < -0.3 is 14.4 Å². The second kappa shape index (κ2) is 8.18. The van der Waals surface area contributed by atoms with Crippen LogP contribution in [0.1, 0.15) is 22.3 Å². The van der Waals surface area contributed by atoms with Crippen LogP contribution in [-0.4, -0.2) is 49.8 Å². The molecule has 4 rings (SSSR count). The number of aromatic nitrogens is 1. The van der Waals surface area contributed by atoms with Crippen LogP contribution in [0.4, 0.5) is 5.13 Å². The number of aryl methyl sites for hydroxylation is 1. The first-order chi connectivity index (χ1) is 13.9. The molecule has 6 nitrogen and oxygen atoms in total. The Labute approximate surface area is 178 Å². The van der Waals surface area contributed by atoms with Crippen LogP contribution in [0.3, 0.4) is 0 Å². The van der Waals surface area contributed by atoms with Crippen LogP contribution in [-0.2, 0) is 0 Å². The summed E-state index contributed by atoms with van der Waals surface area (Å²) in [5, 5.41) is 1.35. The number of thiazole rings is 1. The quantitative estimate of drug-likeness (QED) is 0.571. The van der Waals surface area contributed by atoms with Gasteiger partial charge in [-0.3, -0.25) is 9.69 Å². The molecule has 0 N–H and O–H groups in total. The molecule has 1 aliphatic rings. The molecule has 0 radical (unpaired) electrons. The topological polar surface area (TPSA) is 54.9 Å². The van der Waals surface area contributed by atoms with Crippen LogP contribution in [0.15, 0.2) is 30.3 Å². The number of hydrogen-bond acceptors (Lipinski definition) is 6. The van der Waals surface area contributed by atoms with E-state index < -0.39 is 0 Å². The smallest absolute Gasteiger partial charge is 0.260 e. The van der Waals surface area contributed by atoms with Crippen LogP contribution in [0.5, 0.6) is 11.5 Å². The molecule has 0 saturated carbocycles. The molecular formula is C21H22ClN3O3S. The Hall–Kier alpha value is -2.35. The first-order valence-corrected chi connectivity index (χ1v) is 10.6. The Bertz CT molecular complexity index is 1070. The summed E-state index contributed by atoms with van der Waals surface area (Å²) in [4.78, 5) is 22.0. The highest BCUT2D eigenvalue weighted by Gasteiger charge is 2.24. The van der Waals surface area contributed by atoms with Gasteiger partial charge in [0.05, 0.1) is 10.2 Å². The summed E-state index contributed by atoms with van der Waals surface area (Å²) in [5.41, 5.74) is 2.32. The average molecular weight is 432 g/mol. The molecule has 2 heterocycles. The largest absolute Gasteiger partial charge is 0.454 e. The fourth-order valence-electron chi connectivity index (χ4n) is 3.22. The molecule has 1 aliphatic heterocycles. The van der Waals surface area contributed by atoms with E-state index in [1.165, 1.54) is 11.3 Å². The maximum Gasteiger partial charge on any atom is 0.260 e. The molecule has 0 saturated heterocycles. The van der Waals surface area contributed by atoms with Crippen LogP contribution >= 0.6 is 22.9 Å². The molecule has 1 amide bonds. The summed E-state index contributed by atoms with van der Waals surface area (Å²) in [6.45, 7) is 3.57. The standard InChI is InChI=1S/C21H22ClN3O3S/c1-13-15(22)6-8-18-19(13)23-21(29-18)25(10-4-9-24(2)3)20(26)14-5-7-16-17(11-14)28-12-27-16/h5-8,11H,4,9-10,12H2,1-3H3. The van der Waals surface area contributed by atoms with E-state index in [-0.39, 0.29) is 12.7 Å². The number of benzene rings is 2. The van der Waals surface area contributed by atoms with Gasteiger partial charge in [0.15, 0.2) is 16.6 Å². The highest BCUT2D eigenvalue weighted by atomic mass is 35.5. The van der Waals surface area contributed by atoms with Crippen LogP contribution < -0.4 is 14.4 Å². The second-order valence-electron chi connectivity index (χ2n) is 7.20. The normalized spacial score (nSPS) is 12.7. The Morgan fingerprint density at radius 1 is 1.17 bits per heavy atom. The summed E-state index contributed by atoms with van der Waals surface area (Å²) in [6, 6.07) is 9.10. The zero-order valence-electron chi connectivity index (χ0n) is 16.6. The van der Waals surface area contributed by atoms with Crippen molar-refractivity contribution in [2.75, 3.05) is 38.9 Å². The van der Waals surface area contributed by atoms with Gasteiger partial charge in [-0.1, -0.05) is 22.9 Å². The third-order valence-corrected chi connectivity index (χ3v) is 6.27. The van der Waals surface area contributed by atoms with Crippen LogP contribution in [0, 0.1) is 6.92 Å². The van der Waals surface area contributed by atoms with Gasteiger partial charge in [0.1, 0.15) is 0 Å². The molecular weight excluding hydrogens is 410 g/mol. The van der Waals surface area contributed by atoms with E-state index in [1.54, 1.807) is 23.1 Å². The molecule has 2 aromatic carbocycles. The fraction of sp³-hybridized carbons (Fsp3) is 0.333. The number of ether oxygens (including phenoxy) is 2. The van der Waals surface area contributed by atoms with Crippen LogP contribution in [0.25, 0.3) is 10.2 Å². The highest BCUT2D eigenvalue weighted by Crippen LogP contribution is 2.36. The number of halogens is 1. The van der Waals surface area contributed by atoms with E-state index in [0.29, 0.717) is 33.8 Å². The van der Waals surface area contributed by atoms with Gasteiger partial charge in [0.2, 0.25) is 6.79 Å². The lowest BCUT2D eigenvalue weighted by Crippen LogP contribution is -2.33. The van der Waals surface area contributed by atoms with Crippen molar-refractivity contribution >= 4 is 44.2 Å². The lowest BCUT2D eigenvalue weighted by Gasteiger charge is -2.21. The summed E-state index contributed by atoms with van der Waals surface area (Å²) in [6.07, 6.45) is 0.832. The third-order valence-electron chi connectivity index (χ3n) is 4.82. The summed E-state index contributed by atoms with van der Waals surface area (Å²) in [7, 11) is 4.04. The molecule has 0 fully saturated rings. The zero-order chi connectivity index (χ0) is 20.5. The van der Waals surface area contributed by atoms with Gasteiger partial charge in [-0.2, -0.15) is 0 Å². The number of rotatable bonds is 6. The fourth-order valence-corrected chi connectivity index (χ4v) is 4.42. The first kappa shape index (κ1) is 19.9. The number of carbonyl (C=O) groups excluding carboxylic acids is 1. The number of carbonyl (C=O) groups is 1. The van der Waals surface area contributed by atoms with Gasteiger partial charge in [0.25, 0.3) is 5.91 Å². The zero-order valence-corrected chi connectivity index (χ0v) is 18.1. The summed E-state index contributed by atoms with van der Waals surface area (Å²) >= 11 is 7.76. The van der Waals surface area contributed by atoms with Gasteiger partial charge >= 0.3 is 0 Å². The maximum atomic E-state index is 13.4. The number of fused-ring (bicyclic) bond motifs is 2. The second-order valence-corrected chi connectivity index (χ2v) is 8.61. The molecule has 8 heteroatoms. The SMILES string of the molecule is Cc1c(Cl)ccc2sc(N(CCCN(C)C)C(=O)c3ccc4c(c3)OCO4)nc12. The van der Waals surface area contributed by atoms with E-state index in [0.717, 1.165) is 28.7 Å². The van der Waals surface area contributed by atoms with Gasteiger partial charge in [-0.15, -0.1) is 0 Å². The lowest BCUT2D eigenvalue weighted by atomic mass is 10.1. The van der Waals surface area contributed by atoms with E-state index in [2.05, 4.69) is 4.90 Å². The monoisotopic (exact) mass is 431 g/mol. The Morgan fingerprint density at radius 3 is 2.76 bits per heavy atom. The minimum absolute atomic E-state index is 0.107. The van der Waals surface area contributed by atoms with Crippen molar-refractivity contribution in [3.63, 3.8) is 0 Å². The van der Waals surface area contributed by atoms with Crippen molar-refractivity contribution in [3.05, 3.63) is 46.5 Å². The average Bonchev–Trinajstić information content (AvgIpc) is 3.34. The molecule has 29 heavy (non-hydrogen) atoms. The van der Waals surface area contributed by atoms with Crippen molar-refractivity contribution < 1.29 is 14.3 Å². The molecule has 0 atom stereocenters. The van der Waals surface area contributed by atoms with Crippen molar-refractivity contribution in [1.82, 2.24) is 9.88 Å². The predicted molar refractivity (Wildman–Crippen MR) is 117 cm³/mol. The van der Waals surface area contributed by atoms with Gasteiger partial charge in [0, 0.05) is 17.1 Å². The van der Waals surface area contributed by atoms with Crippen molar-refractivity contribution in [2.45, 2.75) is 13.3 Å². The molecule has 1 aromatic heterocycles. The van der Waals surface area contributed by atoms with E-state index >= 15 is 0 Å². The summed E-state index contributed by atoms with van der Waals surface area (Å²) < 4.78 is 11.8. The maximum absolute atomic E-state index is 13.4. The molecule has 3 aromatic rings. The van der Waals surface area contributed by atoms with Crippen molar-refractivity contribution in [1.29, 1.82) is 0 Å². The number of anilines is 1. The molecule has 0 aliphatic carbocycles.